The predicted octanol–water partition coefficient (Wildman–Crippen LogP) is 2.64. The van der Waals surface area contributed by atoms with E-state index in [4.69, 9.17) is 5.14 Å². The van der Waals surface area contributed by atoms with Crippen molar-refractivity contribution in [3.63, 3.8) is 0 Å². The van der Waals surface area contributed by atoms with Crippen LogP contribution >= 0.6 is 0 Å². The van der Waals surface area contributed by atoms with Crippen molar-refractivity contribution in [1.82, 2.24) is 10.2 Å². The van der Waals surface area contributed by atoms with E-state index in [-0.39, 0.29) is 10.8 Å². The SMILES string of the molecule is NS(=O)(=O)c1ccc(C(=O)Nc2cccc(-c3ccc(N4CCCC4)nn3)c2)cc1. The molecule has 4 rings (SSSR count). The number of carbonyl (C=O) groups excluding carboxylic acids is 1. The quantitative estimate of drug-likeness (QED) is 0.651. The number of anilines is 2. The van der Waals surface area contributed by atoms with Gasteiger partial charge in [-0.25, -0.2) is 13.6 Å². The number of carbonyl (C=O) groups is 1. The molecule has 0 unspecified atom stereocenters. The van der Waals surface area contributed by atoms with Crippen LogP contribution in [0, 0.1) is 0 Å². The van der Waals surface area contributed by atoms with Gasteiger partial charge in [0.15, 0.2) is 5.82 Å². The zero-order chi connectivity index (χ0) is 21.1. The van der Waals surface area contributed by atoms with Crippen molar-refractivity contribution in [3.05, 3.63) is 66.2 Å². The zero-order valence-electron chi connectivity index (χ0n) is 16.2. The summed E-state index contributed by atoms with van der Waals surface area (Å²) in [7, 11) is -3.80. The van der Waals surface area contributed by atoms with Crippen molar-refractivity contribution >= 4 is 27.4 Å². The Morgan fingerprint density at radius 3 is 2.33 bits per heavy atom. The predicted molar refractivity (Wildman–Crippen MR) is 115 cm³/mol. The van der Waals surface area contributed by atoms with Gasteiger partial charge in [-0.3, -0.25) is 4.79 Å². The molecule has 1 amide bonds. The number of nitrogens with one attached hydrogen (secondary N) is 1. The van der Waals surface area contributed by atoms with Crippen LogP contribution in [-0.2, 0) is 10.0 Å². The molecule has 8 nitrogen and oxygen atoms in total. The van der Waals surface area contributed by atoms with E-state index < -0.39 is 10.0 Å². The molecule has 0 bridgehead atoms. The second-order valence-electron chi connectivity index (χ2n) is 7.08. The van der Waals surface area contributed by atoms with E-state index in [9.17, 15) is 13.2 Å². The van der Waals surface area contributed by atoms with Crippen molar-refractivity contribution in [2.24, 2.45) is 5.14 Å². The van der Waals surface area contributed by atoms with E-state index in [0.29, 0.717) is 16.9 Å². The van der Waals surface area contributed by atoms with Gasteiger partial charge in [-0.15, -0.1) is 10.2 Å². The van der Waals surface area contributed by atoms with Gasteiger partial charge in [0.05, 0.1) is 10.6 Å². The van der Waals surface area contributed by atoms with Gasteiger partial charge in [0, 0.05) is 29.9 Å². The van der Waals surface area contributed by atoms with Crippen LogP contribution in [0.15, 0.2) is 65.6 Å². The molecule has 0 aliphatic carbocycles. The number of benzene rings is 2. The van der Waals surface area contributed by atoms with E-state index in [1.807, 2.05) is 30.3 Å². The molecule has 9 heteroatoms. The molecule has 1 aromatic heterocycles. The first-order valence-corrected chi connectivity index (χ1v) is 11.1. The topological polar surface area (TPSA) is 118 Å². The Morgan fingerprint density at radius 2 is 1.70 bits per heavy atom. The maximum absolute atomic E-state index is 12.5. The fourth-order valence-corrected chi connectivity index (χ4v) is 3.87. The van der Waals surface area contributed by atoms with Crippen LogP contribution in [0.25, 0.3) is 11.3 Å². The molecule has 30 heavy (non-hydrogen) atoms. The third kappa shape index (κ3) is 4.47. The molecule has 2 aromatic carbocycles. The Labute approximate surface area is 174 Å². The molecular weight excluding hydrogens is 402 g/mol. The monoisotopic (exact) mass is 423 g/mol. The highest BCUT2D eigenvalue weighted by Gasteiger charge is 2.14. The minimum absolute atomic E-state index is 0.0444. The summed E-state index contributed by atoms with van der Waals surface area (Å²) < 4.78 is 22.7. The number of rotatable bonds is 5. The zero-order valence-corrected chi connectivity index (χ0v) is 17.0. The van der Waals surface area contributed by atoms with Crippen LogP contribution in [0.5, 0.6) is 0 Å². The lowest BCUT2D eigenvalue weighted by Gasteiger charge is -2.15. The van der Waals surface area contributed by atoms with Crippen LogP contribution in [-0.4, -0.2) is 37.6 Å². The van der Waals surface area contributed by atoms with Crippen LogP contribution < -0.4 is 15.4 Å². The lowest BCUT2D eigenvalue weighted by atomic mass is 10.1. The minimum atomic E-state index is -3.80. The molecule has 1 aliphatic heterocycles. The first-order chi connectivity index (χ1) is 14.4. The molecule has 3 aromatic rings. The fourth-order valence-electron chi connectivity index (χ4n) is 3.35. The van der Waals surface area contributed by atoms with Gasteiger partial charge >= 0.3 is 0 Å². The highest BCUT2D eigenvalue weighted by molar-refractivity contribution is 7.89. The molecule has 1 aliphatic rings. The Balaban J connectivity index is 1.48. The summed E-state index contributed by atoms with van der Waals surface area (Å²) in [5.74, 6) is 0.521. The Hall–Kier alpha value is -3.30. The smallest absolute Gasteiger partial charge is 0.255 e. The van der Waals surface area contributed by atoms with E-state index in [1.165, 1.54) is 37.1 Å². The average Bonchev–Trinajstić information content (AvgIpc) is 3.28. The minimum Gasteiger partial charge on any atom is -0.355 e. The number of hydrogen-bond donors (Lipinski definition) is 2. The lowest BCUT2D eigenvalue weighted by molar-refractivity contribution is 0.102. The third-order valence-electron chi connectivity index (χ3n) is 4.94. The number of nitrogens with two attached hydrogens (primary N) is 1. The lowest BCUT2D eigenvalue weighted by Crippen LogP contribution is -2.19. The summed E-state index contributed by atoms with van der Waals surface area (Å²) in [6.07, 6.45) is 2.35. The Morgan fingerprint density at radius 1 is 0.967 bits per heavy atom. The summed E-state index contributed by atoms with van der Waals surface area (Å²) in [6, 6.07) is 16.6. The maximum Gasteiger partial charge on any atom is 0.255 e. The van der Waals surface area contributed by atoms with E-state index in [0.717, 1.165) is 24.5 Å². The van der Waals surface area contributed by atoms with Gasteiger partial charge in [-0.05, 0) is 61.4 Å². The summed E-state index contributed by atoms with van der Waals surface area (Å²) in [4.78, 5) is 14.7. The third-order valence-corrected chi connectivity index (χ3v) is 5.87. The van der Waals surface area contributed by atoms with Gasteiger partial charge in [0.1, 0.15) is 0 Å². The van der Waals surface area contributed by atoms with Crippen molar-refractivity contribution < 1.29 is 13.2 Å². The second kappa shape index (κ2) is 8.21. The highest BCUT2D eigenvalue weighted by Crippen LogP contribution is 2.23. The van der Waals surface area contributed by atoms with E-state index >= 15 is 0 Å². The van der Waals surface area contributed by atoms with Crippen molar-refractivity contribution in [1.29, 1.82) is 0 Å². The summed E-state index contributed by atoms with van der Waals surface area (Å²) in [5, 5.41) is 16.6. The molecule has 154 valence electrons. The summed E-state index contributed by atoms with van der Waals surface area (Å²) in [5.41, 5.74) is 2.46. The molecule has 1 fully saturated rings. The fraction of sp³-hybridized carbons (Fsp3) is 0.190. The maximum atomic E-state index is 12.5. The molecule has 0 spiro atoms. The van der Waals surface area contributed by atoms with Gasteiger partial charge in [0.25, 0.3) is 5.91 Å². The number of nitrogens with zero attached hydrogens (tertiary/aromatic N) is 3. The Kier molecular flexibility index (Phi) is 5.47. The van der Waals surface area contributed by atoms with E-state index in [2.05, 4.69) is 20.4 Å². The molecule has 0 saturated carbocycles. The largest absolute Gasteiger partial charge is 0.355 e. The molecule has 1 saturated heterocycles. The molecule has 3 N–H and O–H groups in total. The summed E-state index contributed by atoms with van der Waals surface area (Å²) in [6.45, 7) is 2.02. The first kappa shape index (κ1) is 20.0. The highest BCUT2D eigenvalue weighted by atomic mass is 32.2. The number of hydrogen-bond acceptors (Lipinski definition) is 6. The molecular formula is C21H21N5O3S. The van der Waals surface area contributed by atoms with Crippen molar-refractivity contribution in [3.8, 4) is 11.3 Å². The van der Waals surface area contributed by atoms with Gasteiger partial charge in [0.2, 0.25) is 10.0 Å². The van der Waals surface area contributed by atoms with Crippen molar-refractivity contribution in [2.45, 2.75) is 17.7 Å². The normalized spacial score (nSPS) is 14.0. The number of primary sulfonamides is 1. The molecule has 0 radical (unpaired) electrons. The van der Waals surface area contributed by atoms with Gasteiger partial charge in [-0.1, -0.05) is 12.1 Å². The average molecular weight is 423 g/mol. The summed E-state index contributed by atoms with van der Waals surface area (Å²) >= 11 is 0. The second-order valence-corrected chi connectivity index (χ2v) is 8.64. The Bertz CT molecular complexity index is 1160. The van der Waals surface area contributed by atoms with Crippen LogP contribution in [0.1, 0.15) is 23.2 Å². The van der Waals surface area contributed by atoms with Crippen LogP contribution in [0.3, 0.4) is 0 Å². The standard InChI is InChI=1S/C21H21N5O3S/c22-30(28,29)18-8-6-15(7-9-18)21(27)23-17-5-3-4-16(14-17)19-10-11-20(25-24-19)26-12-1-2-13-26/h3-11,14H,1-2,12-13H2,(H,23,27)(H2,22,28,29). The van der Waals surface area contributed by atoms with Crippen LogP contribution in [0.2, 0.25) is 0 Å². The first-order valence-electron chi connectivity index (χ1n) is 9.53. The molecule has 0 atom stereocenters. The van der Waals surface area contributed by atoms with Gasteiger partial charge in [-0.2, -0.15) is 0 Å². The van der Waals surface area contributed by atoms with Gasteiger partial charge < -0.3 is 10.2 Å². The molecule has 2 heterocycles. The number of aromatic nitrogens is 2. The number of sulfonamides is 1. The van der Waals surface area contributed by atoms with E-state index in [1.54, 1.807) is 6.07 Å². The van der Waals surface area contributed by atoms with Crippen molar-refractivity contribution in [2.75, 3.05) is 23.3 Å². The van der Waals surface area contributed by atoms with Crippen LogP contribution in [0.4, 0.5) is 11.5 Å². The number of amides is 1.